The van der Waals surface area contributed by atoms with Gasteiger partial charge in [-0.05, 0) is 109 Å². The van der Waals surface area contributed by atoms with E-state index in [1.54, 1.807) is 42.3 Å². The minimum atomic E-state index is -1.15. The molecule has 0 bridgehead atoms. The van der Waals surface area contributed by atoms with Crippen LogP contribution in [0.4, 0.5) is 0 Å². The Kier molecular flexibility index (Phi) is 23.0. The van der Waals surface area contributed by atoms with E-state index in [1.807, 2.05) is 231 Å². The Labute approximate surface area is 607 Å². The highest BCUT2D eigenvalue weighted by Gasteiger charge is 2.42. The maximum absolute atomic E-state index is 14.6. The predicted octanol–water partition coefficient (Wildman–Crippen LogP) is 15.6. The van der Waals surface area contributed by atoms with Gasteiger partial charge in [0.05, 0.1) is 78.5 Å². The molecule has 105 heavy (non-hydrogen) atoms. The van der Waals surface area contributed by atoms with Gasteiger partial charge in [0.1, 0.15) is 73.1 Å². The van der Waals surface area contributed by atoms with Crippen LogP contribution in [-0.4, -0.2) is 116 Å². The molecule has 0 aromatic heterocycles. The van der Waals surface area contributed by atoms with Crippen LogP contribution in [0, 0.1) is 0 Å². The number of fused-ring (bicyclic) bond motifs is 6. The molecule has 10 aromatic rings. The number of carbonyl (C=O) groups is 6. The standard InChI is InChI=1S/C86H78O19/c1-55(102-75(89)43-41-73(87)98-49-51-100-83(91)79-71-45-47-85(59-25-33-63(93-3)34-26-59,60-27-35-64(94-4)36-28-60)104-81(71)69-23-15-13-21-67(69)77(79)57-17-9-7-10-18-57)53-97-54-56(2)103-76(90)44-42-74(88)99-50-52-101-84(92)80-72-46-48-86(61-29-37-65(95-5)38-30-61,62-31-39-66(96-6)40-32-62)105-82(72)70-24-16-14-22-68(70)78(80)58-19-11-8-12-20-58/h7-40,45-48,55-56H,41-44,49-54H2,1-6H3. The summed E-state index contributed by atoms with van der Waals surface area (Å²) in [5.74, 6) is -0.522. The Balaban J connectivity index is 0.590. The molecule has 0 fully saturated rings. The Morgan fingerprint density at radius 3 is 0.971 bits per heavy atom. The van der Waals surface area contributed by atoms with Crippen LogP contribution < -0.4 is 28.4 Å². The van der Waals surface area contributed by atoms with Crippen molar-refractivity contribution in [3.63, 3.8) is 0 Å². The number of rotatable bonds is 30. The molecule has 0 N–H and O–H groups in total. The number of methoxy groups -OCH3 is 4. The average molecular weight is 1420 g/mol. The second-order valence-electron chi connectivity index (χ2n) is 24.9. The number of hydrogen-bond acceptors (Lipinski definition) is 19. The number of hydrogen-bond donors (Lipinski definition) is 0. The van der Waals surface area contributed by atoms with E-state index < -0.39 is 59.2 Å². The molecule has 2 aliphatic heterocycles. The fraction of sp³-hybridized carbons (Fsp3) is 0.233. The van der Waals surface area contributed by atoms with Crippen LogP contribution in [0.5, 0.6) is 34.5 Å². The zero-order chi connectivity index (χ0) is 73.5. The maximum atomic E-state index is 14.6. The van der Waals surface area contributed by atoms with Gasteiger partial charge >= 0.3 is 35.8 Å². The third kappa shape index (κ3) is 16.2. The molecule has 10 aromatic carbocycles. The topological polar surface area (TPSA) is 222 Å². The predicted molar refractivity (Wildman–Crippen MR) is 395 cm³/mol. The summed E-state index contributed by atoms with van der Waals surface area (Å²) in [5, 5.41) is 3.03. The van der Waals surface area contributed by atoms with Crippen molar-refractivity contribution in [1.29, 1.82) is 0 Å². The highest BCUT2D eigenvalue weighted by molar-refractivity contribution is 6.15. The van der Waals surface area contributed by atoms with Gasteiger partial charge in [0.15, 0.2) is 11.2 Å². The molecule has 2 unspecified atom stereocenters. The Morgan fingerprint density at radius 1 is 0.352 bits per heavy atom. The Morgan fingerprint density at radius 2 is 0.648 bits per heavy atom. The van der Waals surface area contributed by atoms with E-state index in [-0.39, 0.29) is 76.5 Å². The van der Waals surface area contributed by atoms with Gasteiger partial charge in [-0.2, -0.15) is 0 Å². The average Bonchev–Trinajstić information content (AvgIpc) is 0.725. The molecule has 12 rings (SSSR count). The van der Waals surface area contributed by atoms with Crippen molar-refractivity contribution in [3.8, 4) is 56.8 Å². The van der Waals surface area contributed by atoms with E-state index in [4.69, 9.17) is 61.6 Å². The van der Waals surface area contributed by atoms with Crippen LogP contribution in [-0.2, 0) is 63.5 Å². The minimum absolute atomic E-state index is 0.0574. The van der Waals surface area contributed by atoms with Crippen LogP contribution in [0.15, 0.2) is 218 Å². The highest BCUT2D eigenvalue weighted by atomic mass is 16.6. The molecular formula is C86H78O19. The van der Waals surface area contributed by atoms with Crippen molar-refractivity contribution in [1.82, 2.24) is 0 Å². The quantitative estimate of drug-likeness (QED) is 0.0232. The largest absolute Gasteiger partial charge is 0.497 e. The summed E-state index contributed by atoms with van der Waals surface area (Å²) in [6, 6.07) is 64.9. The van der Waals surface area contributed by atoms with Crippen molar-refractivity contribution in [2.24, 2.45) is 0 Å². The van der Waals surface area contributed by atoms with Crippen LogP contribution in [0.2, 0.25) is 0 Å². The van der Waals surface area contributed by atoms with Crippen LogP contribution in [0.25, 0.3) is 56.0 Å². The normalized spacial score (nSPS) is 13.5. The number of carbonyl (C=O) groups excluding carboxylic acids is 6. The van der Waals surface area contributed by atoms with E-state index in [1.165, 1.54) is 0 Å². The van der Waals surface area contributed by atoms with Crippen molar-refractivity contribution >= 4 is 69.5 Å². The molecule has 0 saturated heterocycles. The molecule has 0 amide bonds. The molecule has 2 heterocycles. The lowest BCUT2D eigenvalue weighted by molar-refractivity contribution is -0.158. The first-order valence-electron chi connectivity index (χ1n) is 34.4. The molecule has 2 atom stereocenters. The molecule has 0 radical (unpaired) electrons. The summed E-state index contributed by atoms with van der Waals surface area (Å²) in [6.07, 6.45) is 4.93. The zero-order valence-corrected chi connectivity index (χ0v) is 58.9. The maximum Gasteiger partial charge on any atom is 0.339 e. The van der Waals surface area contributed by atoms with Gasteiger partial charge in [-0.3, -0.25) is 19.2 Å². The molecule has 2 aliphatic rings. The van der Waals surface area contributed by atoms with E-state index in [2.05, 4.69) is 0 Å². The summed E-state index contributed by atoms with van der Waals surface area (Å²) in [5.41, 5.74) is 5.24. The summed E-state index contributed by atoms with van der Waals surface area (Å²) >= 11 is 0. The molecule has 19 heteroatoms. The summed E-state index contributed by atoms with van der Waals surface area (Å²) in [6.45, 7) is 1.93. The minimum Gasteiger partial charge on any atom is -0.497 e. The van der Waals surface area contributed by atoms with Crippen molar-refractivity contribution in [2.45, 2.75) is 62.9 Å². The molecule has 19 nitrogen and oxygen atoms in total. The van der Waals surface area contributed by atoms with Gasteiger partial charge in [-0.15, -0.1) is 0 Å². The van der Waals surface area contributed by atoms with Gasteiger partial charge in [0.2, 0.25) is 0 Å². The van der Waals surface area contributed by atoms with E-state index >= 15 is 0 Å². The second-order valence-corrected chi connectivity index (χ2v) is 24.9. The van der Waals surface area contributed by atoms with Crippen molar-refractivity contribution in [2.75, 3.05) is 68.1 Å². The molecule has 0 saturated carbocycles. The number of ether oxygens (including phenoxy) is 13. The van der Waals surface area contributed by atoms with Crippen LogP contribution >= 0.6 is 0 Å². The lowest BCUT2D eigenvalue weighted by atomic mass is 9.81. The molecule has 0 aliphatic carbocycles. The molecular weight excluding hydrogens is 1340 g/mol. The SMILES string of the molecule is COc1ccc(C2(c3ccc(OC)cc3)C=Cc3c(C(=O)OCCOC(=O)CCC(=O)OC(C)COCC(C)OC(=O)CCC(=O)OCCOC(=O)c4c5c(c6ccccc6c4-c4ccccc4)OC(c4ccc(OC)cc4)(c4ccc(OC)cc4)C=C5)c(-c4ccccc4)c4ccccc4c3O2)cc1. The van der Waals surface area contributed by atoms with E-state index in [9.17, 15) is 28.8 Å². The van der Waals surface area contributed by atoms with Gasteiger partial charge in [0, 0.05) is 55.3 Å². The monoisotopic (exact) mass is 1410 g/mol. The fourth-order valence-corrected chi connectivity index (χ4v) is 13.0. The van der Waals surface area contributed by atoms with Gasteiger partial charge in [-0.25, -0.2) is 9.59 Å². The van der Waals surface area contributed by atoms with Gasteiger partial charge < -0.3 is 61.6 Å². The van der Waals surface area contributed by atoms with Crippen molar-refractivity contribution < 1.29 is 90.3 Å². The first kappa shape index (κ1) is 72.6. The third-order valence-corrected chi connectivity index (χ3v) is 18.1. The van der Waals surface area contributed by atoms with Crippen molar-refractivity contribution in [3.05, 3.63) is 263 Å². The van der Waals surface area contributed by atoms with Gasteiger partial charge in [-0.1, -0.05) is 158 Å². The lowest BCUT2D eigenvalue weighted by Crippen LogP contribution is -2.35. The van der Waals surface area contributed by atoms with Gasteiger partial charge in [0.25, 0.3) is 0 Å². The number of benzene rings is 10. The third-order valence-electron chi connectivity index (χ3n) is 18.1. The van der Waals surface area contributed by atoms with E-state index in [0.29, 0.717) is 56.8 Å². The van der Waals surface area contributed by atoms with E-state index in [0.717, 1.165) is 54.9 Å². The van der Waals surface area contributed by atoms with Crippen LogP contribution in [0.3, 0.4) is 0 Å². The zero-order valence-electron chi connectivity index (χ0n) is 58.9. The first-order valence-corrected chi connectivity index (χ1v) is 34.4. The lowest BCUT2D eigenvalue weighted by Gasteiger charge is -2.37. The summed E-state index contributed by atoms with van der Waals surface area (Å²) in [7, 11) is 6.42. The first-order chi connectivity index (χ1) is 51.1. The summed E-state index contributed by atoms with van der Waals surface area (Å²) in [4.78, 5) is 80.7. The smallest absolute Gasteiger partial charge is 0.339 e. The fourth-order valence-electron chi connectivity index (χ4n) is 13.0. The summed E-state index contributed by atoms with van der Waals surface area (Å²) < 4.78 is 75.7. The second kappa shape index (κ2) is 33.3. The molecule has 0 spiro atoms. The van der Waals surface area contributed by atoms with Crippen LogP contribution in [0.1, 0.15) is 93.6 Å². The Hall–Kier alpha value is -12.2. The highest BCUT2D eigenvalue weighted by Crippen LogP contribution is 2.52. The number of esters is 6. The Bertz CT molecular complexity index is 4440. The molecule has 536 valence electrons.